The van der Waals surface area contributed by atoms with Gasteiger partial charge in [0.25, 0.3) is 0 Å². The number of rotatable bonds is 4. The summed E-state index contributed by atoms with van der Waals surface area (Å²) in [5, 5.41) is 4.20. The van der Waals surface area contributed by atoms with Gasteiger partial charge in [-0.1, -0.05) is 17.7 Å². The Morgan fingerprint density at radius 1 is 1.50 bits per heavy atom. The van der Waals surface area contributed by atoms with E-state index in [0.717, 1.165) is 18.7 Å². The van der Waals surface area contributed by atoms with Crippen LogP contribution in [0.2, 0.25) is 5.02 Å². The third-order valence-corrected chi connectivity index (χ3v) is 3.25. The third-order valence-electron chi connectivity index (χ3n) is 2.94. The molecule has 1 aromatic rings. The summed E-state index contributed by atoms with van der Waals surface area (Å²) in [6, 6.07) is 6.70. The summed E-state index contributed by atoms with van der Waals surface area (Å²) in [7, 11) is 0. The quantitative estimate of drug-likeness (QED) is 0.872. The Labute approximate surface area is 102 Å². The van der Waals surface area contributed by atoms with Crippen LogP contribution in [0, 0.1) is 0 Å². The topological polar surface area (TPSA) is 21.3 Å². The molecule has 1 aliphatic heterocycles. The van der Waals surface area contributed by atoms with Gasteiger partial charge in [-0.05, 0) is 50.4 Å². The predicted octanol–water partition coefficient (Wildman–Crippen LogP) is 3.03. The van der Waals surface area contributed by atoms with Gasteiger partial charge in [0, 0.05) is 6.04 Å². The lowest BCUT2D eigenvalue weighted by atomic mass is 10.0. The molecule has 1 saturated heterocycles. The van der Waals surface area contributed by atoms with Crippen molar-refractivity contribution in [3.8, 4) is 5.75 Å². The van der Waals surface area contributed by atoms with Crippen molar-refractivity contribution in [2.75, 3.05) is 13.2 Å². The van der Waals surface area contributed by atoms with Gasteiger partial charge in [-0.2, -0.15) is 0 Å². The van der Waals surface area contributed by atoms with E-state index in [1.165, 1.54) is 18.4 Å². The van der Waals surface area contributed by atoms with Crippen molar-refractivity contribution in [3.63, 3.8) is 0 Å². The summed E-state index contributed by atoms with van der Waals surface area (Å²) >= 11 is 6.05. The normalized spacial score (nSPS) is 20.0. The molecule has 16 heavy (non-hydrogen) atoms. The van der Waals surface area contributed by atoms with E-state index in [0.29, 0.717) is 17.7 Å². The molecule has 0 radical (unpaired) electrons. The van der Waals surface area contributed by atoms with E-state index < -0.39 is 0 Å². The van der Waals surface area contributed by atoms with E-state index in [2.05, 4.69) is 17.4 Å². The first-order valence-electron chi connectivity index (χ1n) is 5.94. The number of ether oxygens (including phenoxy) is 1. The molecule has 88 valence electrons. The van der Waals surface area contributed by atoms with Crippen LogP contribution in [0.15, 0.2) is 18.2 Å². The molecule has 0 aliphatic carbocycles. The zero-order valence-electron chi connectivity index (χ0n) is 9.63. The Kier molecular flexibility index (Phi) is 4.08. The highest BCUT2D eigenvalue weighted by Gasteiger charge is 2.15. The average Bonchev–Trinajstić information content (AvgIpc) is 2.76. The van der Waals surface area contributed by atoms with Gasteiger partial charge in [-0.15, -0.1) is 0 Å². The predicted molar refractivity (Wildman–Crippen MR) is 67.3 cm³/mol. The molecule has 0 saturated carbocycles. The Bertz CT molecular complexity index is 348. The van der Waals surface area contributed by atoms with Crippen molar-refractivity contribution in [1.29, 1.82) is 0 Å². The minimum Gasteiger partial charge on any atom is -0.492 e. The van der Waals surface area contributed by atoms with Crippen molar-refractivity contribution < 1.29 is 4.74 Å². The highest BCUT2D eigenvalue weighted by molar-refractivity contribution is 6.32. The van der Waals surface area contributed by atoms with Crippen LogP contribution in [0.4, 0.5) is 0 Å². The first-order chi connectivity index (χ1) is 7.79. The van der Waals surface area contributed by atoms with Crippen LogP contribution in [-0.2, 0) is 6.42 Å². The second-order valence-corrected chi connectivity index (χ2v) is 4.60. The van der Waals surface area contributed by atoms with Gasteiger partial charge in [0.15, 0.2) is 0 Å². The molecular formula is C13H18ClNO. The van der Waals surface area contributed by atoms with E-state index in [1.807, 2.05) is 13.0 Å². The highest BCUT2D eigenvalue weighted by Crippen LogP contribution is 2.26. The van der Waals surface area contributed by atoms with Crippen LogP contribution in [0.1, 0.15) is 25.3 Å². The minimum absolute atomic E-state index is 0.621. The molecule has 1 aliphatic rings. The third kappa shape index (κ3) is 2.89. The number of benzene rings is 1. The summed E-state index contributed by atoms with van der Waals surface area (Å²) in [5.41, 5.74) is 1.30. The molecule has 0 aromatic heterocycles. The largest absolute Gasteiger partial charge is 0.492 e. The molecule has 3 heteroatoms. The standard InChI is InChI=1S/C13H18ClNO/c1-2-16-13-9-10(5-6-12(13)14)8-11-4-3-7-15-11/h5-6,9,11,15H,2-4,7-8H2,1H3. The highest BCUT2D eigenvalue weighted by atomic mass is 35.5. The van der Waals surface area contributed by atoms with Crippen LogP contribution < -0.4 is 10.1 Å². The second kappa shape index (κ2) is 5.55. The van der Waals surface area contributed by atoms with Crippen LogP contribution in [0.5, 0.6) is 5.75 Å². The van der Waals surface area contributed by atoms with Crippen LogP contribution >= 0.6 is 11.6 Å². The van der Waals surface area contributed by atoms with Gasteiger partial charge in [-0.25, -0.2) is 0 Å². The van der Waals surface area contributed by atoms with Gasteiger partial charge in [0.05, 0.1) is 11.6 Å². The lowest BCUT2D eigenvalue weighted by molar-refractivity contribution is 0.340. The van der Waals surface area contributed by atoms with E-state index in [-0.39, 0.29) is 0 Å². The fraction of sp³-hybridized carbons (Fsp3) is 0.538. The lowest BCUT2D eigenvalue weighted by Gasteiger charge is -2.12. The Morgan fingerprint density at radius 2 is 2.38 bits per heavy atom. The zero-order valence-corrected chi connectivity index (χ0v) is 10.4. The summed E-state index contributed by atoms with van der Waals surface area (Å²) in [6.45, 7) is 3.78. The first-order valence-corrected chi connectivity index (χ1v) is 6.32. The van der Waals surface area contributed by atoms with Gasteiger partial charge in [0.1, 0.15) is 5.75 Å². The lowest BCUT2D eigenvalue weighted by Crippen LogP contribution is -2.23. The van der Waals surface area contributed by atoms with E-state index in [4.69, 9.17) is 16.3 Å². The first kappa shape index (κ1) is 11.7. The van der Waals surface area contributed by atoms with E-state index >= 15 is 0 Å². The Hall–Kier alpha value is -0.730. The molecule has 2 nitrogen and oxygen atoms in total. The maximum absolute atomic E-state index is 6.05. The molecule has 1 unspecified atom stereocenters. The van der Waals surface area contributed by atoms with Crippen molar-refractivity contribution in [2.24, 2.45) is 0 Å². The molecule has 1 atom stereocenters. The zero-order chi connectivity index (χ0) is 11.4. The number of hydrogen-bond acceptors (Lipinski definition) is 2. The number of nitrogens with one attached hydrogen (secondary N) is 1. The molecule has 0 bridgehead atoms. The smallest absolute Gasteiger partial charge is 0.138 e. The summed E-state index contributed by atoms with van der Waals surface area (Å²) in [4.78, 5) is 0. The van der Waals surface area contributed by atoms with Crippen molar-refractivity contribution in [2.45, 2.75) is 32.2 Å². The molecule has 1 heterocycles. The molecule has 0 amide bonds. The van der Waals surface area contributed by atoms with Gasteiger partial charge in [0.2, 0.25) is 0 Å². The molecule has 1 N–H and O–H groups in total. The molecular weight excluding hydrogens is 222 g/mol. The molecule has 1 aromatic carbocycles. The Morgan fingerprint density at radius 3 is 3.06 bits per heavy atom. The number of hydrogen-bond donors (Lipinski definition) is 1. The molecule has 1 fully saturated rings. The van der Waals surface area contributed by atoms with Crippen LogP contribution in [-0.4, -0.2) is 19.2 Å². The van der Waals surface area contributed by atoms with Crippen LogP contribution in [0.3, 0.4) is 0 Å². The maximum atomic E-state index is 6.05. The average molecular weight is 240 g/mol. The molecule has 2 rings (SSSR count). The van der Waals surface area contributed by atoms with Gasteiger partial charge >= 0.3 is 0 Å². The summed E-state index contributed by atoms with van der Waals surface area (Å²) in [5.74, 6) is 0.805. The van der Waals surface area contributed by atoms with E-state index in [9.17, 15) is 0 Å². The second-order valence-electron chi connectivity index (χ2n) is 4.20. The van der Waals surface area contributed by atoms with E-state index in [1.54, 1.807) is 0 Å². The minimum atomic E-state index is 0.621. The van der Waals surface area contributed by atoms with Gasteiger partial charge < -0.3 is 10.1 Å². The van der Waals surface area contributed by atoms with Crippen molar-refractivity contribution in [1.82, 2.24) is 5.32 Å². The fourth-order valence-electron chi connectivity index (χ4n) is 2.16. The Balaban J connectivity index is 2.05. The SMILES string of the molecule is CCOc1cc(CC2CCCN2)ccc1Cl. The fourth-order valence-corrected chi connectivity index (χ4v) is 2.33. The summed E-state index contributed by atoms with van der Waals surface area (Å²) < 4.78 is 5.49. The number of halogens is 1. The van der Waals surface area contributed by atoms with Crippen molar-refractivity contribution in [3.05, 3.63) is 28.8 Å². The monoisotopic (exact) mass is 239 g/mol. The summed E-state index contributed by atoms with van der Waals surface area (Å²) in [6.07, 6.45) is 3.63. The molecule has 0 spiro atoms. The maximum Gasteiger partial charge on any atom is 0.138 e. The van der Waals surface area contributed by atoms with Crippen LogP contribution in [0.25, 0.3) is 0 Å². The van der Waals surface area contributed by atoms with Gasteiger partial charge in [-0.3, -0.25) is 0 Å². The van der Waals surface area contributed by atoms with Crippen molar-refractivity contribution >= 4 is 11.6 Å².